The molecule has 30 heavy (non-hydrogen) atoms. The van der Waals surface area contributed by atoms with Crippen molar-refractivity contribution in [3.05, 3.63) is 53.9 Å². The molecule has 5 heteroatoms. The zero-order chi connectivity index (χ0) is 20.7. The van der Waals surface area contributed by atoms with Crippen molar-refractivity contribution in [3.8, 4) is 0 Å². The molecular weight excluding hydrogens is 372 g/mol. The summed E-state index contributed by atoms with van der Waals surface area (Å²) in [5.74, 6) is 2.68. The van der Waals surface area contributed by atoms with Crippen molar-refractivity contribution in [1.29, 1.82) is 0 Å². The minimum Gasteiger partial charge on any atom is -0.397 e. The topological polar surface area (TPSA) is 72.1 Å². The number of rotatable bonds is 6. The molecule has 4 aliphatic rings. The van der Waals surface area contributed by atoms with Crippen LogP contribution in [0, 0.1) is 17.8 Å². The van der Waals surface area contributed by atoms with E-state index in [1.807, 2.05) is 25.3 Å². The van der Waals surface area contributed by atoms with Gasteiger partial charge in [-0.15, -0.1) is 0 Å². The molecule has 0 spiro atoms. The fourth-order valence-electron chi connectivity index (χ4n) is 6.48. The Bertz CT molecular complexity index is 938. The van der Waals surface area contributed by atoms with E-state index in [0.717, 1.165) is 30.0 Å². The molecule has 4 saturated carbocycles. The second kappa shape index (κ2) is 7.62. The third-order valence-corrected chi connectivity index (χ3v) is 7.43. The van der Waals surface area contributed by atoms with Gasteiger partial charge in [0.05, 0.1) is 11.4 Å². The molecule has 5 nitrogen and oxygen atoms in total. The zero-order valence-electron chi connectivity index (χ0n) is 17.7. The molecule has 1 amide bonds. The van der Waals surface area contributed by atoms with Crippen molar-refractivity contribution in [1.82, 2.24) is 9.88 Å². The van der Waals surface area contributed by atoms with Crippen LogP contribution in [0.15, 0.2) is 42.6 Å². The van der Waals surface area contributed by atoms with E-state index in [0.29, 0.717) is 16.9 Å². The molecule has 6 rings (SSSR count). The van der Waals surface area contributed by atoms with Gasteiger partial charge in [0.1, 0.15) is 0 Å². The zero-order valence-corrected chi connectivity index (χ0v) is 17.7. The summed E-state index contributed by atoms with van der Waals surface area (Å²) in [5.41, 5.74) is 9.77. The van der Waals surface area contributed by atoms with E-state index >= 15 is 0 Å². The predicted molar refractivity (Wildman–Crippen MR) is 122 cm³/mol. The maximum atomic E-state index is 12.3. The Kier molecular flexibility index (Phi) is 4.94. The number of amides is 1. The summed E-state index contributed by atoms with van der Waals surface area (Å²) < 4.78 is 2.08. The number of aromatic nitrogens is 1. The van der Waals surface area contributed by atoms with E-state index in [1.54, 1.807) is 18.2 Å². The number of hydrogen-bond donors (Lipinski definition) is 3. The van der Waals surface area contributed by atoms with Gasteiger partial charge in [0.15, 0.2) is 0 Å². The average molecular weight is 405 g/mol. The van der Waals surface area contributed by atoms with Gasteiger partial charge in [0.2, 0.25) is 5.91 Å². The number of hydrogen-bond acceptors (Lipinski definition) is 3. The standard InChI is InChI=1S/C25H32N4O/c1-29-16-20(15-27-25-12-17-8-18(13-25)10-19(9-17)14-25)11-21(29)6-7-24(30)28-23-5-3-2-4-22(23)26/h2-7,11,16-19,27H,8-10,12-15,26H2,1H3,(H,28,30). The highest BCUT2D eigenvalue weighted by Gasteiger charge is 2.50. The number of aryl methyl sites for hydroxylation is 1. The van der Waals surface area contributed by atoms with Crippen molar-refractivity contribution in [3.63, 3.8) is 0 Å². The SMILES string of the molecule is Cn1cc(CNC23CC4CC(CC(C4)C2)C3)cc1C=CC(=O)Nc1ccccc1N. The quantitative estimate of drug-likeness (QED) is 0.496. The van der Waals surface area contributed by atoms with Gasteiger partial charge < -0.3 is 20.9 Å². The number of para-hydroxylation sites is 2. The molecule has 1 aromatic heterocycles. The maximum absolute atomic E-state index is 12.3. The van der Waals surface area contributed by atoms with E-state index in [9.17, 15) is 4.79 Å². The number of benzene rings is 1. The van der Waals surface area contributed by atoms with Gasteiger partial charge in [0, 0.05) is 37.1 Å². The van der Waals surface area contributed by atoms with Gasteiger partial charge in [-0.05, 0) is 86.1 Å². The van der Waals surface area contributed by atoms with Gasteiger partial charge in [-0.25, -0.2) is 0 Å². The van der Waals surface area contributed by atoms with E-state index < -0.39 is 0 Å². The highest BCUT2D eigenvalue weighted by atomic mass is 16.1. The number of nitrogen functional groups attached to an aromatic ring is 1. The Morgan fingerprint density at radius 3 is 2.50 bits per heavy atom. The molecular formula is C25H32N4O. The summed E-state index contributed by atoms with van der Waals surface area (Å²) in [6.45, 7) is 0.903. The van der Waals surface area contributed by atoms with E-state index in [-0.39, 0.29) is 5.91 Å². The average Bonchev–Trinajstić information content (AvgIpc) is 3.05. The second-order valence-corrected chi connectivity index (χ2v) is 9.85. The molecule has 4 fully saturated rings. The third-order valence-electron chi connectivity index (χ3n) is 7.43. The fourth-order valence-corrected chi connectivity index (χ4v) is 6.48. The van der Waals surface area contributed by atoms with Crippen LogP contribution in [-0.4, -0.2) is 16.0 Å². The van der Waals surface area contributed by atoms with E-state index in [4.69, 9.17) is 5.73 Å². The molecule has 0 aliphatic heterocycles. The Hall–Kier alpha value is -2.53. The number of anilines is 2. The molecule has 0 atom stereocenters. The molecule has 4 N–H and O–H groups in total. The first kappa shape index (κ1) is 19.4. The van der Waals surface area contributed by atoms with Crippen molar-refractivity contribution < 1.29 is 4.79 Å². The van der Waals surface area contributed by atoms with Crippen LogP contribution in [0.5, 0.6) is 0 Å². The molecule has 0 unspecified atom stereocenters. The van der Waals surface area contributed by atoms with E-state index in [2.05, 4.69) is 27.5 Å². The Morgan fingerprint density at radius 2 is 1.83 bits per heavy atom. The molecule has 1 aromatic carbocycles. The summed E-state index contributed by atoms with van der Waals surface area (Å²) in [6.07, 6.45) is 14.1. The lowest BCUT2D eigenvalue weighted by Crippen LogP contribution is -2.58. The summed E-state index contributed by atoms with van der Waals surface area (Å²) in [7, 11) is 2.03. The van der Waals surface area contributed by atoms with Gasteiger partial charge in [-0.3, -0.25) is 4.79 Å². The van der Waals surface area contributed by atoms with Gasteiger partial charge in [-0.2, -0.15) is 0 Å². The lowest BCUT2D eigenvalue weighted by atomic mass is 9.53. The van der Waals surface area contributed by atoms with E-state index in [1.165, 1.54) is 44.1 Å². The largest absolute Gasteiger partial charge is 0.397 e. The first-order valence-electron chi connectivity index (χ1n) is 11.2. The van der Waals surface area contributed by atoms with Crippen LogP contribution in [0.3, 0.4) is 0 Å². The van der Waals surface area contributed by atoms with Crippen molar-refractivity contribution in [2.24, 2.45) is 24.8 Å². The highest BCUT2D eigenvalue weighted by Crippen LogP contribution is 2.55. The first-order chi connectivity index (χ1) is 14.5. The van der Waals surface area contributed by atoms with Crippen LogP contribution in [0.2, 0.25) is 0 Å². The van der Waals surface area contributed by atoms with Gasteiger partial charge in [-0.1, -0.05) is 12.1 Å². The van der Waals surface area contributed by atoms with Crippen molar-refractivity contribution >= 4 is 23.4 Å². The van der Waals surface area contributed by atoms with Crippen molar-refractivity contribution in [2.45, 2.75) is 50.6 Å². The molecule has 0 radical (unpaired) electrons. The number of nitrogens with zero attached hydrogens (tertiary/aromatic N) is 1. The monoisotopic (exact) mass is 404 g/mol. The Labute approximate surface area is 178 Å². The van der Waals surface area contributed by atoms with Crippen LogP contribution < -0.4 is 16.4 Å². The number of nitrogens with two attached hydrogens (primary N) is 1. The summed E-state index contributed by atoms with van der Waals surface area (Å²) in [6, 6.07) is 9.46. The van der Waals surface area contributed by atoms with Crippen LogP contribution in [0.4, 0.5) is 11.4 Å². The fraction of sp³-hybridized carbons (Fsp3) is 0.480. The van der Waals surface area contributed by atoms with Gasteiger partial charge >= 0.3 is 0 Å². The molecule has 0 saturated heterocycles. The normalized spacial score (nSPS) is 29.6. The summed E-state index contributed by atoms with van der Waals surface area (Å²) >= 11 is 0. The Balaban J connectivity index is 1.20. The smallest absolute Gasteiger partial charge is 0.248 e. The second-order valence-electron chi connectivity index (χ2n) is 9.85. The molecule has 4 bridgehead atoms. The van der Waals surface area contributed by atoms with Crippen molar-refractivity contribution in [2.75, 3.05) is 11.1 Å². The van der Waals surface area contributed by atoms with Crippen LogP contribution >= 0.6 is 0 Å². The van der Waals surface area contributed by atoms with Crippen LogP contribution in [0.25, 0.3) is 6.08 Å². The van der Waals surface area contributed by atoms with Gasteiger partial charge in [0.25, 0.3) is 0 Å². The van der Waals surface area contributed by atoms with Crippen LogP contribution in [0.1, 0.15) is 49.8 Å². The number of carbonyl (C=O) groups excluding carboxylic acids is 1. The summed E-state index contributed by atoms with van der Waals surface area (Å²) in [4.78, 5) is 12.3. The van der Waals surface area contributed by atoms with Crippen LogP contribution in [-0.2, 0) is 18.4 Å². The maximum Gasteiger partial charge on any atom is 0.248 e. The minimum atomic E-state index is -0.178. The Morgan fingerprint density at radius 1 is 1.17 bits per heavy atom. The molecule has 1 heterocycles. The molecule has 158 valence electrons. The predicted octanol–water partition coefficient (Wildman–Crippen LogP) is 4.32. The summed E-state index contributed by atoms with van der Waals surface area (Å²) in [5, 5.41) is 6.79. The number of nitrogens with one attached hydrogen (secondary N) is 2. The molecule has 2 aromatic rings. The highest BCUT2D eigenvalue weighted by molar-refractivity contribution is 6.03. The lowest BCUT2D eigenvalue weighted by Gasteiger charge is -2.57. The first-order valence-corrected chi connectivity index (χ1v) is 11.2. The molecule has 4 aliphatic carbocycles. The minimum absolute atomic E-state index is 0.178. The lowest BCUT2D eigenvalue weighted by molar-refractivity contribution is -0.111. The third kappa shape index (κ3) is 3.91. The number of carbonyl (C=O) groups is 1.